The predicted molar refractivity (Wildman–Crippen MR) is 150 cm³/mol. The smallest absolute Gasteiger partial charge is 0.204 e. The molecule has 2 heterocycles. The first-order valence-corrected chi connectivity index (χ1v) is 13.5. The monoisotopic (exact) mass is 584 g/mol. The molecule has 2 aliphatic heterocycles. The number of hydrogen-bond acceptors (Lipinski definition) is 11. The lowest BCUT2D eigenvalue weighted by Gasteiger charge is -2.26. The summed E-state index contributed by atoms with van der Waals surface area (Å²) in [6.07, 6.45) is -2.87. The summed E-state index contributed by atoms with van der Waals surface area (Å²) in [4.78, 5) is 0. The van der Waals surface area contributed by atoms with Crippen LogP contribution in [0.15, 0.2) is 48.5 Å². The minimum absolute atomic E-state index is 0.0486. The van der Waals surface area contributed by atoms with Crippen LogP contribution in [0.5, 0.6) is 40.2 Å². The first-order valence-electron chi connectivity index (χ1n) is 13.5. The van der Waals surface area contributed by atoms with E-state index in [2.05, 4.69) is 0 Å². The lowest BCUT2D eigenvalue weighted by molar-refractivity contribution is -0.00197. The van der Waals surface area contributed by atoms with Gasteiger partial charge in [0.15, 0.2) is 40.6 Å². The molecule has 2 fully saturated rings. The highest BCUT2D eigenvalue weighted by atomic mass is 16.6. The number of aliphatic hydroxyl groups is 2. The van der Waals surface area contributed by atoms with Crippen molar-refractivity contribution in [1.82, 2.24) is 0 Å². The van der Waals surface area contributed by atoms with Gasteiger partial charge in [-0.05, 0) is 53.1 Å². The Bertz CT molecular complexity index is 1370. The molecule has 2 saturated heterocycles. The van der Waals surface area contributed by atoms with E-state index in [1.165, 1.54) is 46.6 Å². The minimum Gasteiger partial charge on any atom is -0.504 e. The molecule has 0 spiro atoms. The molecule has 3 aromatic rings. The molecule has 6 atom stereocenters. The van der Waals surface area contributed by atoms with Crippen LogP contribution in [-0.4, -0.2) is 74.8 Å². The van der Waals surface area contributed by atoms with Crippen molar-refractivity contribution in [2.24, 2.45) is 11.8 Å². The third-order valence-corrected chi connectivity index (χ3v) is 7.95. The molecule has 2 unspecified atom stereocenters. The van der Waals surface area contributed by atoms with Crippen LogP contribution >= 0.6 is 0 Å². The van der Waals surface area contributed by atoms with Crippen molar-refractivity contribution in [3.63, 3.8) is 0 Å². The summed E-state index contributed by atoms with van der Waals surface area (Å²) >= 11 is 0. The molecule has 0 aliphatic carbocycles. The van der Waals surface area contributed by atoms with E-state index in [4.69, 9.17) is 33.2 Å². The van der Waals surface area contributed by atoms with Crippen molar-refractivity contribution >= 4 is 0 Å². The minimum atomic E-state index is -1.26. The Morgan fingerprint density at radius 2 is 1.21 bits per heavy atom. The van der Waals surface area contributed by atoms with Gasteiger partial charge in [0.05, 0.1) is 60.5 Å². The average Bonchev–Trinajstić information content (AvgIpc) is 3.62. The lowest BCUT2D eigenvalue weighted by Crippen LogP contribution is -2.29. The van der Waals surface area contributed by atoms with Crippen molar-refractivity contribution in [3.8, 4) is 40.2 Å². The molecule has 42 heavy (non-hydrogen) atoms. The van der Waals surface area contributed by atoms with Crippen molar-refractivity contribution in [2.45, 2.75) is 24.4 Å². The zero-order chi connectivity index (χ0) is 30.0. The summed E-state index contributed by atoms with van der Waals surface area (Å²) in [6, 6.07) is 13.2. The summed E-state index contributed by atoms with van der Waals surface area (Å²) in [5, 5.41) is 41.0. The highest BCUT2D eigenvalue weighted by Gasteiger charge is 2.48. The molecule has 0 bridgehead atoms. The van der Waals surface area contributed by atoms with Gasteiger partial charge in [0, 0.05) is 11.8 Å². The molecule has 226 valence electrons. The molecule has 11 nitrogen and oxygen atoms in total. The molecular weight excluding hydrogens is 548 g/mol. The summed E-state index contributed by atoms with van der Waals surface area (Å²) < 4.78 is 40.3. The normalized spacial score (nSPS) is 22.7. The Hall–Kier alpha value is -3.90. The number of aliphatic hydroxyl groups excluding tert-OH is 2. The predicted octanol–water partition coefficient (Wildman–Crippen LogP) is 3.68. The van der Waals surface area contributed by atoms with Gasteiger partial charge in [0.2, 0.25) is 5.75 Å². The molecule has 4 N–H and O–H groups in total. The fourth-order valence-electron chi connectivity index (χ4n) is 5.73. The molecular formula is C31H36O11. The van der Waals surface area contributed by atoms with Gasteiger partial charge >= 0.3 is 0 Å². The number of phenols is 2. The zero-order valence-electron chi connectivity index (χ0n) is 23.9. The van der Waals surface area contributed by atoms with Crippen LogP contribution in [0.25, 0.3) is 0 Å². The summed E-state index contributed by atoms with van der Waals surface area (Å²) in [6.45, 7) is 0.427. The Labute approximate surface area is 243 Å². The third-order valence-electron chi connectivity index (χ3n) is 7.95. The van der Waals surface area contributed by atoms with Crippen molar-refractivity contribution in [1.29, 1.82) is 0 Å². The van der Waals surface area contributed by atoms with E-state index in [1.54, 1.807) is 24.3 Å². The molecule has 0 aromatic heterocycles. The Morgan fingerprint density at radius 3 is 1.76 bits per heavy atom. The molecule has 2 aliphatic rings. The Kier molecular flexibility index (Phi) is 8.83. The van der Waals surface area contributed by atoms with Gasteiger partial charge in [-0.3, -0.25) is 0 Å². The van der Waals surface area contributed by atoms with E-state index >= 15 is 0 Å². The van der Waals surface area contributed by atoms with E-state index in [0.29, 0.717) is 36.0 Å². The van der Waals surface area contributed by atoms with E-state index in [0.717, 1.165) is 11.1 Å². The van der Waals surface area contributed by atoms with Crippen LogP contribution in [0.2, 0.25) is 0 Å². The largest absolute Gasteiger partial charge is 0.504 e. The van der Waals surface area contributed by atoms with Gasteiger partial charge in [0.1, 0.15) is 6.10 Å². The first kappa shape index (κ1) is 29.6. The van der Waals surface area contributed by atoms with E-state index < -0.39 is 18.8 Å². The summed E-state index contributed by atoms with van der Waals surface area (Å²) in [5.74, 6) is 1.56. The van der Waals surface area contributed by atoms with Crippen LogP contribution in [0.4, 0.5) is 0 Å². The molecule has 0 saturated carbocycles. The molecule has 0 amide bonds. The average molecular weight is 585 g/mol. The second-order valence-electron chi connectivity index (χ2n) is 10.2. The maximum Gasteiger partial charge on any atom is 0.204 e. The van der Waals surface area contributed by atoms with Crippen molar-refractivity contribution in [2.75, 3.05) is 48.3 Å². The van der Waals surface area contributed by atoms with Crippen LogP contribution in [-0.2, 0) is 9.47 Å². The maximum atomic E-state index is 11.0. The number of phenolic OH excluding ortho intramolecular Hbond substituents is 2. The molecule has 11 heteroatoms. The van der Waals surface area contributed by atoms with Crippen LogP contribution in [0, 0.1) is 11.8 Å². The SMILES string of the molecule is COc1cc(C(O)C(CO)Oc2c(OC)cc([C@@H]3OC[C@@H]4[C@H]3CO[C@H]4c3ccc(O)c(OC)c3)cc2OC)ccc1O. The number of methoxy groups -OCH3 is 4. The quantitative estimate of drug-likeness (QED) is 0.262. The number of aromatic hydroxyl groups is 2. The Morgan fingerprint density at radius 1 is 0.714 bits per heavy atom. The molecule has 5 rings (SSSR count). The van der Waals surface area contributed by atoms with Gasteiger partial charge in [0.25, 0.3) is 0 Å². The van der Waals surface area contributed by atoms with E-state index in [9.17, 15) is 20.4 Å². The van der Waals surface area contributed by atoms with Crippen molar-refractivity contribution in [3.05, 3.63) is 65.2 Å². The van der Waals surface area contributed by atoms with Crippen molar-refractivity contribution < 1.29 is 53.6 Å². The van der Waals surface area contributed by atoms with Gasteiger partial charge < -0.3 is 53.6 Å². The topological polar surface area (TPSA) is 146 Å². The van der Waals surface area contributed by atoms with E-state index in [-0.39, 0.29) is 47.0 Å². The number of rotatable bonds is 11. The fourth-order valence-corrected chi connectivity index (χ4v) is 5.73. The van der Waals surface area contributed by atoms with Gasteiger partial charge in [-0.25, -0.2) is 0 Å². The fraction of sp³-hybridized carbons (Fsp3) is 0.419. The number of hydrogen-bond donors (Lipinski definition) is 4. The number of benzene rings is 3. The van der Waals surface area contributed by atoms with Gasteiger partial charge in [-0.15, -0.1) is 0 Å². The lowest BCUT2D eigenvalue weighted by atomic mass is 9.84. The van der Waals surface area contributed by atoms with Gasteiger partial charge in [-0.2, -0.15) is 0 Å². The van der Waals surface area contributed by atoms with E-state index in [1.807, 2.05) is 6.07 Å². The Balaban J connectivity index is 1.39. The summed E-state index contributed by atoms with van der Waals surface area (Å²) in [5.41, 5.74) is 2.09. The highest BCUT2D eigenvalue weighted by molar-refractivity contribution is 5.55. The van der Waals surface area contributed by atoms with Crippen LogP contribution in [0.1, 0.15) is 35.0 Å². The van der Waals surface area contributed by atoms with Gasteiger partial charge in [-0.1, -0.05) is 12.1 Å². The van der Waals surface area contributed by atoms with Crippen LogP contribution < -0.4 is 23.7 Å². The summed E-state index contributed by atoms with van der Waals surface area (Å²) in [7, 11) is 5.90. The first-order chi connectivity index (χ1) is 20.3. The maximum absolute atomic E-state index is 11.0. The second kappa shape index (κ2) is 12.5. The number of fused-ring (bicyclic) bond motifs is 1. The third kappa shape index (κ3) is 5.48. The molecule has 0 radical (unpaired) electrons. The number of ether oxygens (including phenoxy) is 7. The standard InChI is InChI=1S/C31H36O11/c1-36-23-9-16(5-7-21(23)33)28(35)27(13-32)42-31-25(38-3)11-18(12-26(31)39-4)30-20-15-40-29(19(20)14-41-30)17-6-8-22(34)24(10-17)37-2/h5-12,19-20,27-30,32-35H,13-15H2,1-4H3/t19-,20-,27?,28?,29+,30+/m1/s1. The second-order valence-corrected chi connectivity index (χ2v) is 10.2. The van der Waals surface area contributed by atoms with Crippen LogP contribution in [0.3, 0.4) is 0 Å². The highest BCUT2D eigenvalue weighted by Crippen LogP contribution is 2.53. The zero-order valence-corrected chi connectivity index (χ0v) is 23.9. The molecule has 3 aromatic carbocycles.